The van der Waals surface area contributed by atoms with Crippen LogP contribution in [0, 0.1) is 5.92 Å². The SMILES string of the molecule is CCC(=O)Nc1ccc(C(=O)NCCNC(=O)C2CCN(c3ccc(-c4cccs4)nn3)CC2)cc1. The Balaban J connectivity index is 1.15. The normalized spacial score (nSPS) is 13.8. The summed E-state index contributed by atoms with van der Waals surface area (Å²) in [6, 6.07) is 14.7. The second kappa shape index (κ2) is 12.3. The molecule has 4 rings (SSSR count). The van der Waals surface area contributed by atoms with E-state index in [4.69, 9.17) is 0 Å². The van der Waals surface area contributed by atoms with Gasteiger partial charge in [0.05, 0.1) is 4.88 Å². The van der Waals surface area contributed by atoms with Crippen molar-refractivity contribution in [2.45, 2.75) is 26.2 Å². The summed E-state index contributed by atoms with van der Waals surface area (Å²) in [5.41, 5.74) is 2.02. The van der Waals surface area contributed by atoms with Gasteiger partial charge in [-0.1, -0.05) is 13.0 Å². The van der Waals surface area contributed by atoms with Gasteiger partial charge in [-0.3, -0.25) is 14.4 Å². The molecule has 1 aromatic carbocycles. The first-order chi connectivity index (χ1) is 17.5. The van der Waals surface area contributed by atoms with Crippen molar-refractivity contribution in [2.75, 3.05) is 36.4 Å². The number of hydrogen-bond acceptors (Lipinski definition) is 7. The molecular weight excluding hydrogens is 476 g/mol. The predicted molar refractivity (Wildman–Crippen MR) is 141 cm³/mol. The van der Waals surface area contributed by atoms with Crippen molar-refractivity contribution < 1.29 is 14.4 Å². The summed E-state index contributed by atoms with van der Waals surface area (Å²) in [5, 5.41) is 19.2. The molecule has 3 aromatic rings. The molecule has 0 unspecified atom stereocenters. The Bertz CT molecular complexity index is 1160. The number of carbonyl (C=O) groups excluding carboxylic acids is 3. The van der Waals surface area contributed by atoms with Crippen LogP contribution in [0.2, 0.25) is 0 Å². The van der Waals surface area contributed by atoms with Crippen molar-refractivity contribution >= 4 is 40.6 Å². The van der Waals surface area contributed by atoms with Crippen LogP contribution in [0.1, 0.15) is 36.5 Å². The first kappa shape index (κ1) is 25.3. The maximum absolute atomic E-state index is 12.6. The number of hydrogen-bond donors (Lipinski definition) is 3. The van der Waals surface area contributed by atoms with Crippen LogP contribution in [0.3, 0.4) is 0 Å². The molecule has 1 aliphatic rings. The fraction of sp³-hybridized carbons (Fsp3) is 0.346. The highest BCUT2D eigenvalue weighted by molar-refractivity contribution is 7.13. The number of rotatable bonds is 9. The molecule has 0 saturated carbocycles. The summed E-state index contributed by atoms with van der Waals surface area (Å²) in [5.74, 6) is 0.487. The Labute approximate surface area is 214 Å². The largest absolute Gasteiger partial charge is 0.355 e. The number of anilines is 2. The molecule has 188 valence electrons. The minimum atomic E-state index is -0.225. The van der Waals surface area contributed by atoms with Crippen LogP contribution in [0.4, 0.5) is 11.5 Å². The van der Waals surface area contributed by atoms with Gasteiger partial charge in [0.2, 0.25) is 11.8 Å². The summed E-state index contributed by atoms with van der Waals surface area (Å²) in [7, 11) is 0. The van der Waals surface area contributed by atoms with Gasteiger partial charge in [-0.15, -0.1) is 21.5 Å². The van der Waals surface area contributed by atoms with Gasteiger partial charge in [-0.05, 0) is 60.7 Å². The molecule has 0 spiro atoms. The first-order valence-corrected chi connectivity index (χ1v) is 13.0. The average Bonchev–Trinajstić information content (AvgIpc) is 3.46. The van der Waals surface area contributed by atoms with Crippen LogP contribution in [0.15, 0.2) is 53.9 Å². The van der Waals surface area contributed by atoms with E-state index in [2.05, 4.69) is 31.0 Å². The molecule has 9 nitrogen and oxygen atoms in total. The molecule has 36 heavy (non-hydrogen) atoms. The van der Waals surface area contributed by atoms with E-state index in [1.165, 1.54) is 0 Å². The van der Waals surface area contributed by atoms with Crippen LogP contribution < -0.4 is 20.9 Å². The second-order valence-electron chi connectivity index (χ2n) is 8.54. The van der Waals surface area contributed by atoms with Gasteiger partial charge in [0, 0.05) is 49.8 Å². The van der Waals surface area contributed by atoms with Crippen LogP contribution >= 0.6 is 11.3 Å². The van der Waals surface area contributed by atoms with Crippen molar-refractivity contribution in [1.82, 2.24) is 20.8 Å². The van der Waals surface area contributed by atoms with E-state index in [0.717, 1.165) is 42.3 Å². The van der Waals surface area contributed by atoms with E-state index in [9.17, 15) is 14.4 Å². The van der Waals surface area contributed by atoms with E-state index in [1.807, 2.05) is 29.6 Å². The van der Waals surface area contributed by atoms with Crippen molar-refractivity contribution in [2.24, 2.45) is 5.92 Å². The van der Waals surface area contributed by atoms with Crippen molar-refractivity contribution in [3.63, 3.8) is 0 Å². The van der Waals surface area contributed by atoms with Crippen molar-refractivity contribution in [3.8, 4) is 10.6 Å². The maximum Gasteiger partial charge on any atom is 0.251 e. The standard InChI is InChI=1S/C26H30N6O3S/c1-2-24(33)29-20-7-5-18(6-8-20)25(34)27-13-14-28-26(35)19-11-15-32(16-12-19)23-10-9-21(30-31-23)22-4-3-17-36-22/h3-10,17,19H,2,11-16H2,1H3,(H,27,34)(H,28,35)(H,29,33). The molecule has 1 saturated heterocycles. The molecule has 0 aliphatic carbocycles. The van der Waals surface area contributed by atoms with Crippen molar-refractivity contribution in [3.05, 3.63) is 59.5 Å². The summed E-state index contributed by atoms with van der Waals surface area (Å²) >= 11 is 1.64. The highest BCUT2D eigenvalue weighted by Crippen LogP contribution is 2.25. The highest BCUT2D eigenvalue weighted by atomic mass is 32.1. The topological polar surface area (TPSA) is 116 Å². The molecule has 0 atom stereocenters. The minimum absolute atomic E-state index is 0.0130. The molecule has 3 N–H and O–H groups in total. The van der Waals surface area contributed by atoms with Crippen LogP contribution in [-0.4, -0.2) is 54.1 Å². The smallest absolute Gasteiger partial charge is 0.251 e. The molecule has 3 amide bonds. The zero-order chi connectivity index (χ0) is 25.3. The number of aromatic nitrogens is 2. The fourth-order valence-corrected chi connectivity index (χ4v) is 4.67. The fourth-order valence-electron chi connectivity index (χ4n) is 3.98. The molecule has 1 aliphatic heterocycles. The van der Waals surface area contributed by atoms with Gasteiger partial charge in [0.1, 0.15) is 5.69 Å². The lowest BCUT2D eigenvalue weighted by atomic mass is 9.96. The number of amides is 3. The Morgan fingerprint density at radius 2 is 1.72 bits per heavy atom. The Hall–Kier alpha value is -3.79. The molecule has 10 heteroatoms. The van der Waals surface area contributed by atoms with Crippen molar-refractivity contribution in [1.29, 1.82) is 0 Å². The Kier molecular flexibility index (Phi) is 8.62. The van der Waals surface area contributed by atoms with E-state index < -0.39 is 0 Å². The number of nitrogens with zero attached hydrogens (tertiary/aromatic N) is 3. The lowest BCUT2D eigenvalue weighted by Crippen LogP contribution is -2.42. The zero-order valence-electron chi connectivity index (χ0n) is 20.2. The van der Waals surface area contributed by atoms with Gasteiger partial charge in [0.15, 0.2) is 5.82 Å². The maximum atomic E-state index is 12.6. The van der Waals surface area contributed by atoms with Crippen LogP contribution in [0.25, 0.3) is 10.6 Å². The number of thiophene rings is 1. The Morgan fingerprint density at radius 1 is 0.972 bits per heavy atom. The first-order valence-electron chi connectivity index (χ1n) is 12.1. The quantitative estimate of drug-likeness (QED) is 0.384. The number of carbonyl (C=O) groups is 3. The van der Waals surface area contributed by atoms with Gasteiger partial charge in [-0.2, -0.15) is 0 Å². The number of nitrogens with one attached hydrogen (secondary N) is 3. The van der Waals surface area contributed by atoms with E-state index >= 15 is 0 Å². The highest BCUT2D eigenvalue weighted by Gasteiger charge is 2.25. The third kappa shape index (κ3) is 6.66. The summed E-state index contributed by atoms with van der Waals surface area (Å²) in [6.45, 7) is 3.97. The summed E-state index contributed by atoms with van der Waals surface area (Å²) < 4.78 is 0. The summed E-state index contributed by atoms with van der Waals surface area (Å²) in [4.78, 5) is 39.6. The van der Waals surface area contributed by atoms with Gasteiger partial charge >= 0.3 is 0 Å². The van der Waals surface area contributed by atoms with E-state index in [-0.39, 0.29) is 23.6 Å². The molecule has 1 fully saturated rings. The zero-order valence-corrected chi connectivity index (χ0v) is 21.0. The van der Waals surface area contributed by atoms with Crippen LogP contribution in [0.5, 0.6) is 0 Å². The molecule has 3 heterocycles. The molecule has 2 aromatic heterocycles. The lowest BCUT2D eigenvalue weighted by molar-refractivity contribution is -0.125. The summed E-state index contributed by atoms with van der Waals surface area (Å²) in [6.07, 6.45) is 1.88. The Morgan fingerprint density at radius 3 is 2.36 bits per heavy atom. The lowest BCUT2D eigenvalue weighted by Gasteiger charge is -2.31. The van der Waals surface area contributed by atoms with Gasteiger partial charge in [-0.25, -0.2) is 0 Å². The number of benzene rings is 1. The van der Waals surface area contributed by atoms with Gasteiger partial charge in [0.25, 0.3) is 5.91 Å². The minimum Gasteiger partial charge on any atom is -0.355 e. The van der Waals surface area contributed by atoms with E-state index in [0.29, 0.717) is 30.8 Å². The molecular formula is C26H30N6O3S. The second-order valence-corrected chi connectivity index (χ2v) is 9.49. The third-order valence-electron chi connectivity index (χ3n) is 6.08. The van der Waals surface area contributed by atoms with Crippen LogP contribution in [-0.2, 0) is 9.59 Å². The molecule has 0 bridgehead atoms. The monoisotopic (exact) mass is 506 g/mol. The number of piperidine rings is 1. The third-order valence-corrected chi connectivity index (χ3v) is 6.97. The van der Waals surface area contributed by atoms with Gasteiger partial charge < -0.3 is 20.9 Å². The molecule has 0 radical (unpaired) electrons. The van der Waals surface area contributed by atoms with E-state index in [1.54, 1.807) is 42.5 Å². The predicted octanol–water partition coefficient (Wildman–Crippen LogP) is 3.32. The average molecular weight is 507 g/mol.